The molecular weight excluding hydrogens is 254 g/mol. The Morgan fingerprint density at radius 1 is 1.29 bits per heavy atom. The number of rotatable bonds is 6. The maximum absolute atomic E-state index is 3.74. The van der Waals surface area contributed by atoms with Gasteiger partial charge in [-0.05, 0) is 37.8 Å². The Kier molecular flexibility index (Phi) is 17.5. The second kappa shape index (κ2) is 16.7. The minimum Gasteiger partial charge on any atom is -0.306 e. The van der Waals surface area contributed by atoms with E-state index in [2.05, 4.69) is 49.2 Å². The molecule has 0 heterocycles. The van der Waals surface area contributed by atoms with Gasteiger partial charge in [-0.3, -0.25) is 0 Å². The van der Waals surface area contributed by atoms with Crippen molar-refractivity contribution in [3.05, 3.63) is 60.3 Å². The van der Waals surface area contributed by atoms with Gasteiger partial charge in [0.2, 0.25) is 0 Å². The molecule has 1 aliphatic carbocycles. The van der Waals surface area contributed by atoms with Gasteiger partial charge in [-0.15, -0.1) is 0 Å². The molecular formula is C20H35N. The first-order valence-electron chi connectivity index (χ1n) is 8.32. The molecule has 21 heavy (non-hydrogen) atoms. The molecule has 1 atom stereocenters. The topological polar surface area (TPSA) is 12.0 Å². The number of hydrogen-bond acceptors (Lipinski definition) is 1. The molecule has 0 fully saturated rings. The summed E-state index contributed by atoms with van der Waals surface area (Å²) in [5, 5.41) is 3.54. The minimum atomic E-state index is 0.407. The smallest absolute Gasteiger partial charge is 0.0291 e. The van der Waals surface area contributed by atoms with E-state index in [1.807, 2.05) is 46.8 Å². The van der Waals surface area contributed by atoms with Crippen LogP contribution in [0.15, 0.2) is 60.3 Å². The lowest BCUT2D eigenvalue weighted by Gasteiger charge is -2.17. The molecule has 0 aromatic heterocycles. The average Bonchev–Trinajstić information content (AvgIpc) is 2.57. The molecule has 0 spiro atoms. The molecule has 0 saturated heterocycles. The van der Waals surface area contributed by atoms with Gasteiger partial charge < -0.3 is 5.32 Å². The highest BCUT2D eigenvalue weighted by molar-refractivity contribution is 5.29. The molecule has 1 heteroatoms. The summed E-state index contributed by atoms with van der Waals surface area (Å²) in [6, 6.07) is 0.407. The third-order valence-electron chi connectivity index (χ3n) is 2.85. The minimum absolute atomic E-state index is 0.407. The molecule has 0 radical (unpaired) electrons. The zero-order valence-electron chi connectivity index (χ0n) is 14.9. The summed E-state index contributed by atoms with van der Waals surface area (Å²) in [5.41, 5.74) is 2.66. The van der Waals surface area contributed by atoms with Crippen LogP contribution in [0.4, 0.5) is 0 Å². The van der Waals surface area contributed by atoms with Crippen LogP contribution in [0.2, 0.25) is 0 Å². The van der Waals surface area contributed by atoms with Crippen LogP contribution >= 0.6 is 0 Å². The van der Waals surface area contributed by atoms with Gasteiger partial charge in [0.05, 0.1) is 0 Å². The fourth-order valence-corrected chi connectivity index (χ4v) is 1.88. The first-order valence-corrected chi connectivity index (χ1v) is 8.32. The Bertz CT molecular complexity index is 356. The van der Waals surface area contributed by atoms with E-state index in [-0.39, 0.29) is 0 Å². The lowest BCUT2D eigenvalue weighted by Crippen LogP contribution is -2.29. The zero-order valence-corrected chi connectivity index (χ0v) is 14.9. The summed E-state index contributed by atoms with van der Waals surface area (Å²) < 4.78 is 0. The fraction of sp³-hybridized carbons (Fsp3) is 0.500. The average molecular weight is 290 g/mol. The molecule has 0 aromatic carbocycles. The van der Waals surface area contributed by atoms with Crippen LogP contribution in [-0.4, -0.2) is 12.6 Å². The normalized spacial score (nSPS) is 15.3. The molecule has 0 amide bonds. The van der Waals surface area contributed by atoms with E-state index in [0.717, 1.165) is 6.54 Å². The lowest BCUT2D eigenvalue weighted by molar-refractivity contribution is 0.652. The van der Waals surface area contributed by atoms with E-state index < -0.39 is 0 Å². The van der Waals surface area contributed by atoms with E-state index >= 15 is 0 Å². The monoisotopic (exact) mass is 289 g/mol. The quantitative estimate of drug-likeness (QED) is 0.593. The Morgan fingerprint density at radius 3 is 2.43 bits per heavy atom. The van der Waals surface area contributed by atoms with Crippen molar-refractivity contribution < 1.29 is 0 Å². The van der Waals surface area contributed by atoms with Crippen molar-refractivity contribution in [3.63, 3.8) is 0 Å². The Balaban J connectivity index is 0. The first-order chi connectivity index (χ1) is 10.3. The van der Waals surface area contributed by atoms with E-state index in [4.69, 9.17) is 0 Å². The van der Waals surface area contributed by atoms with Crippen LogP contribution in [0.1, 0.15) is 54.4 Å². The highest BCUT2D eigenvalue weighted by Crippen LogP contribution is 2.13. The van der Waals surface area contributed by atoms with Crippen LogP contribution in [0.3, 0.4) is 0 Å². The Hall–Kier alpha value is -1.34. The largest absolute Gasteiger partial charge is 0.306 e. The summed E-state index contributed by atoms with van der Waals surface area (Å²) in [7, 11) is 0. The van der Waals surface area contributed by atoms with E-state index in [1.165, 1.54) is 24.0 Å². The standard InChI is InChI=1S/C16H23N.2C2H6/c1-4-9-15(10-5-2)13-17-14(3)16-11-7-6-8-12-16;2*1-2/h4-5,7,9-12,14,17H,1,6,8,13H2,2-3H3;2*1-2H3/b10-5-,15-9+;;. The summed E-state index contributed by atoms with van der Waals surface area (Å²) in [6.45, 7) is 16.9. The maximum Gasteiger partial charge on any atom is 0.0291 e. The van der Waals surface area contributed by atoms with Gasteiger partial charge in [-0.2, -0.15) is 0 Å². The number of nitrogens with one attached hydrogen (secondary N) is 1. The van der Waals surface area contributed by atoms with Crippen molar-refractivity contribution in [2.45, 2.75) is 60.4 Å². The second-order valence-corrected chi connectivity index (χ2v) is 4.26. The molecule has 1 nitrogen and oxygen atoms in total. The third kappa shape index (κ3) is 11.0. The van der Waals surface area contributed by atoms with Gasteiger partial charge in [0.25, 0.3) is 0 Å². The summed E-state index contributed by atoms with van der Waals surface area (Å²) in [5.74, 6) is 0. The van der Waals surface area contributed by atoms with E-state index in [1.54, 1.807) is 0 Å². The van der Waals surface area contributed by atoms with Crippen LogP contribution in [0.25, 0.3) is 0 Å². The molecule has 0 aromatic rings. The highest BCUT2D eigenvalue weighted by Gasteiger charge is 2.07. The number of allylic oxidation sites excluding steroid dienone is 5. The summed E-state index contributed by atoms with van der Waals surface area (Å²) in [6.07, 6.45) is 17.2. The molecule has 120 valence electrons. The van der Waals surface area contributed by atoms with E-state index in [0.29, 0.717) is 6.04 Å². The van der Waals surface area contributed by atoms with Crippen molar-refractivity contribution in [2.24, 2.45) is 0 Å². The summed E-state index contributed by atoms with van der Waals surface area (Å²) >= 11 is 0. The molecule has 0 aliphatic heterocycles. The second-order valence-electron chi connectivity index (χ2n) is 4.26. The zero-order chi connectivity index (χ0) is 16.5. The van der Waals surface area contributed by atoms with Crippen LogP contribution in [0, 0.1) is 0 Å². The van der Waals surface area contributed by atoms with Gasteiger partial charge in [0.1, 0.15) is 0 Å². The van der Waals surface area contributed by atoms with Gasteiger partial charge in [-0.25, -0.2) is 0 Å². The van der Waals surface area contributed by atoms with Crippen LogP contribution < -0.4 is 5.32 Å². The highest BCUT2D eigenvalue weighted by atomic mass is 14.9. The Morgan fingerprint density at radius 2 is 1.95 bits per heavy atom. The maximum atomic E-state index is 3.74. The first kappa shape index (κ1) is 21.9. The predicted octanol–water partition coefficient (Wildman–Crippen LogP) is 5.98. The van der Waals surface area contributed by atoms with Gasteiger partial charge in [-0.1, -0.05) is 76.8 Å². The van der Waals surface area contributed by atoms with Crippen molar-refractivity contribution >= 4 is 0 Å². The molecule has 1 unspecified atom stereocenters. The van der Waals surface area contributed by atoms with Crippen LogP contribution in [0.5, 0.6) is 0 Å². The molecule has 1 rings (SSSR count). The van der Waals surface area contributed by atoms with Gasteiger partial charge in [0, 0.05) is 12.6 Å². The van der Waals surface area contributed by atoms with Crippen molar-refractivity contribution in [1.29, 1.82) is 0 Å². The molecule has 0 bridgehead atoms. The van der Waals surface area contributed by atoms with Crippen molar-refractivity contribution in [1.82, 2.24) is 5.32 Å². The van der Waals surface area contributed by atoms with Gasteiger partial charge >= 0.3 is 0 Å². The van der Waals surface area contributed by atoms with Crippen molar-refractivity contribution in [3.8, 4) is 0 Å². The van der Waals surface area contributed by atoms with Crippen molar-refractivity contribution in [2.75, 3.05) is 6.54 Å². The third-order valence-corrected chi connectivity index (χ3v) is 2.85. The Labute approximate surface area is 133 Å². The number of hydrogen-bond donors (Lipinski definition) is 1. The molecule has 0 saturated carbocycles. The van der Waals surface area contributed by atoms with E-state index in [9.17, 15) is 0 Å². The van der Waals surface area contributed by atoms with Crippen LogP contribution in [-0.2, 0) is 0 Å². The molecule has 1 aliphatic rings. The molecule has 1 N–H and O–H groups in total. The summed E-state index contributed by atoms with van der Waals surface area (Å²) in [4.78, 5) is 0. The predicted molar refractivity (Wildman–Crippen MR) is 99.7 cm³/mol. The lowest BCUT2D eigenvalue weighted by atomic mass is 10.0. The fourth-order valence-electron chi connectivity index (χ4n) is 1.88. The SMILES string of the molecule is C=C/C=C(\C=C/C)CNC(C)C1=CCCC=C1.CC.CC. The van der Waals surface area contributed by atoms with Gasteiger partial charge in [0.15, 0.2) is 0 Å².